The van der Waals surface area contributed by atoms with Crippen LogP contribution in [0.1, 0.15) is 0 Å². The fourth-order valence-electron chi connectivity index (χ4n) is 4.24. The van der Waals surface area contributed by atoms with E-state index in [0.717, 1.165) is 54.3 Å². The summed E-state index contributed by atoms with van der Waals surface area (Å²) < 4.78 is 0. The highest BCUT2D eigenvalue weighted by Gasteiger charge is 2.52. The van der Waals surface area contributed by atoms with Crippen molar-refractivity contribution in [2.45, 2.75) is 0 Å². The van der Waals surface area contributed by atoms with Gasteiger partial charge in [-0.3, -0.25) is 5.10 Å². The van der Waals surface area contributed by atoms with Crippen molar-refractivity contribution in [1.29, 1.82) is 0 Å². The van der Waals surface area contributed by atoms with Gasteiger partial charge in [-0.25, -0.2) is 0 Å². The number of hydrogen-bond donors (Lipinski definition) is 3. The molecule has 138 valence electrons. The van der Waals surface area contributed by atoms with Crippen LogP contribution in [0.3, 0.4) is 0 Å². The van der Waals surface area contributed by atoms with Gasteiger partial charge in [0.15, 0.2) is 5.82 Å². The number of aromatic nitrogens is 4. The number of phenolic OH excluding ortho intramolecular Hbond substituents is 1. The predicted octanol–water partition coefficient (Wildman–Crippen LogP) is 2.14. The Morgan fingerprint density at radius 1 is 1.11 bits per heavy atom. The number of nitrogens with zero attached hydrogens (tertiary/aromatic N) is 4. The molecule has 0 radical (unpaired) electrons. The number of aromatic hydroxyl groups is 1. The van der Waals surface area contributed by atoms with Gasteiger partial charge in [0.2, 0.25) is 0 Å². The zero-order valence-electron chi connectivity index (χ0n) is 15.1. The molecule has 3 aromatic rings. The molecule has 1 aromatic carbocycles. The SMILES string of the molecule is CN(CC1[C@H]2CNC[C@@H]12)c1ccc(-c2ccc(-c3cn[nH]c3)cc2O)nn1. The molecule has 2 aromatic heterocycles. The second kappa shape index (κ2) is 6.35. The lowest BCUT2D eigenvalue weighted by Crippen LogP contribution is -2.26. The molecule has 7 heteroatoms. The summed E-state index contributed by atoms with van der Waals surface area (Å²) in [4.78, 5) is 2.18. The van der Waals surface area contributed by atoms with E-state index < -0.39 is 0 Å². The third kappa shape index (κ3) is 2.94. The molecule has 3 atom stereocenters. The molecule has 1 aliphatic carbocycles. The number of anilines is 1. The summed E-state index contributed by atoms with van der Waals surface area (Å²) in [6, 6.07) is 9.43. The van der Waals surface area contributed by atoms with Gasteiger partial charge in [-0.05, 0) is 60.7 Å². The van der Waals surface area contributed by atoms with Gasteiger partial charge in [0.25, 0.3) is 0 Å². The van der Waals surface area contributed by atoms with Crippen LogP contribution in [-0.4, -0.2) is 52.2 Å². The third-order valence-electron chi connectivity index (χ3n) is 5.90. The van der Waals surface area contributed by atoms with Crippen LogP contribution in [0.15, 0.2) is 42.7 Å². The summed E-state index contributed by atoms with van der Waals surface area (Å²) in [5.74, 6) is 3.50. The Kier molecular flexibility index (Phi) is 3.82. The number of benzene rings is 1. The average Bonchev–Trinajstić information content (AvgIpc) is 3.12. The number of rotatable bonds is 5. The molecule has 1 saturated carbocycles. The molecule has 5 rings (SSSR count). The quantitative estimate of drug-likeness (QED) is 0.644. The molecular formula is C20H22N6O. The Balaban J connectivity index is 1.31. The summed E-state index contributed by atoms with van der Waals surface area (Å²) in [5.41, 5.74) is 3.17. The van der Waals surface area contributed by atoms with E-state index in [4.69, 9.17) is 0 Å². The van der Waals surface area contributed by atoms with Crippen LogP contribution < -0.4 is 10.2 Å². The van der Waals surface area contributed by atoms with Crippen LogP contribution in [0.2, 0.25) is 0 Å². The van der Waals surface area contributed by atoms with E-state index in [1.54, 1.807) is 18.5 Å². The first kappa shape index (κ1) is 16.3. The number of piperidine rings is 1. The van der Waals surface area contributed by atoms with Crippen molar-refractivity contribution in [2.24, 2.45) is 17.8 Å². The summed E-state index contributed by atoms with van der Waals surface area (Å²) in [7, 11) is 2.07. The van der Waals surface area contributed by atoms with Crippen molar-refractivity contribution in [3.8, 4) is 28.1 Å². The summed E-state index contributed by atoms with van der Waals surface area (Å²) in [5, 5.41) is 29.3. The van der Waals surface area contributed by atoms with E-state index in [2.05, 4.69) is 37.7 Å². The van der Waals surface area contributed by atoms with Gasteiger partial charge in [-0.15, -0.1) is 10.2 Å². The maximum Gasteiger partial charge on any atom is 0.151 e. The molecule has 0 amide bonds. The largest absolute Gasteiger partial charge is 0.507 e. The number of phenols is 1. The van der Waals surface area contributed by atoms with E-state index in [9.17, 15) is 5.11 Å². The Morgan fingerprint density at radius 2 is 1.96 bits per heavy atom. The van der Waals surface area contributed by atoms with Gasteiger partial charge in [0.05, 0.1) is 11.9 Å². The number of aromatic amines is 1. The minimum Gasteiger partial charge on any atom is -0.507 e. The van der Waals surface area contributed by atoms with Crippen molar-refractivity contribution in [1.82, 2.24) is 25.7 Å². The lowest BCUT2D eigenvalue weighted by molar-refractivity contribution is 0.477. The molecule has 0 spiro atoms. The fourth-order valence-corrected chi connectivity index (χ4v) is 4.24. The highest BCUT2D eigenvalue weighted by Crippen LogP contribution is 2.49. The smallest absolute Gasteiger partial charge is 0.151 e. The van der Waals surface area contributed by atoms with Gasteiger partial charge in [-0.1, -0.05) is 6.07 Å². The third-order valence-corrected chi connectivity index (χ3v) is 5.90. The first-order chi connectivity index (χ1) is 13.2. The van der Waals surface area contributed by atoms with Crippen molar-refractivity contribution < 1.29 is 5.11 Å². The summed E-state index contributed by atoms with van der Waals surface area (Å²) in [6.07, 6.45) is 3.52. The number of nitrogens with one attached hydrogen (secondary N) is 2. The van der Waals surface area contributed by atoms with Crippen LogP contribution in [0, 0.1) is 17.8 Å². The van der Waals surface area contributed by atoms with Crippen LogP contribution in [0.5, 0.6) is 5.75 Å². The van der Waals surface area contributed by atoms with Crippen molar-refractivity contribution in [3.05, 3.63) is 42.7 Å². The zero-order valence-corrected chi connectivity index (χ0v) is 15.1. The van der Waals surface area contributed by atoms with Gasteiger partial charge in [-0.2, -0.15) is 5.10 Å². The average molecular weight is 362 g/mol. The van der Waals surface area contributed by atoms with Crippen LogP contribution in [-0.2, 0) is 0 Å². The molecule has 27 heavy (non-hydrogen) atoms. The molecule has 1 aliphatic heterocycles. The molecule has 1 saturated heterocycles. The topological polar surface area (TPSA) is 90.0 Å². The number of H-pyrrole nitrogens is 1. The first-order valence-corrected chi connectivity index (χ1v) is 9.29. The molecule has 1 unspecified atom stereocenters. The Morgan fingerprint density at radius 3 is 2.63 bits per heavy atom. The Hall–Kier alpha value is -2.93. The lowest BCUT2D eigenvalue weighted by atomic mass is 10.0. The second-order valence-electron chi connectivity index (χ2n) is 7.53. The summed E-state index contributed by atoms with van der Waals surface area (Å²) in [6.45, 7) is 3.33. The van der Waals surface area contributed by atoms with Gasteiger partial charge in [0.1, 0.15) is 5.75 Å². The van der Waals surface area contributed by atoms with Crippen LogP contribution in [0.25, 0.3) is 22.4 Å². The molecule has 2 aliphatic rings. The van der Waals surface area contributed by atoms with E-state index in [1.165, 1.54) is 0 Å². The van der Waals surface area contributed by atoms with Crippen LogP contribution in [0.4, 0.5) is 5.82 Å². The molecule has 3 N–H and O–H groups in total. The highest BCUT2D eigenvalue weighted by atomic mass is 16.3. The lowest BCUT2D eigenvalue weighted by Gasteiger charge is -2.19. The molecule has 3 heterocycles. The van der Waals surface area contributed by atoms with Crippen molar-refractivity contribution >= 4 is 5.82 Å². The standard InChI is InChI=1S/C20H22N6O/c1-26(11-17-15-9-21-10-16(15)17)20-5-4-18(24-25-20)14-3-2-12(6-19(14)27)13-7-22-23-8-13/h2-8,15-17,21,27H,9-11H2,1H3,(H,22,23)/t15-,16+,17?. The molecule has 7 nitrogen and oxygen atoms in total. The zero-order chi connectivity index (χ0) is 18.4. The Labute approximate surface area is 157 Å². The molecule has 2 fully saturated rings. The van der Waals surface area contributed by atoms with Gasteiger partial charge < -0.3 is 15.3 Å². The van der Waals surface area contributed by atoms with E-state index in [-0.39, 0.29) is 5.75 Å². The maximum atomic E-state index is 10.4. The second-order valence-corrected chi connectivity index (χ2v) is 7.53. The monoisotopic (exact) mass is 362 g/mol. The van der Waals surface area contributed by atoms with E-state index in [1.807, 2.05) is 24.3 Å². The maximum absolute atomic E-state index is 10.4. The highest BCUT2D eigenvalue weighted by molar-refractivity contribution is 5.73. The molecular weight excluding hydrogens is 340 g/mol. The first-order valence-electron chi connectivity index (χ1n) is 9.29. The number of fused-ring (bicyclic) bond motifs is 1. The van der Waals surface area contributed by atoms with Crippen LogP contribution >= 0.6 is 0 Å². The normalized spacial score (nSPS) is 23.2. The predicted molar refractivity (Wildman–Crippen MR) is 103 cm³/mol. The molecule has 0 bridgehead atoms. The minimum absolute atomic E-state index is 0.183. The fraction of sp³-hybridized carbons (Fsp3) is 0.350. The summed E-state index contributed by atoms with van der Waals surface area (Å²) >= 11 is 0. The number of hydrogen-bond acceptors (Lipinski definition) is 6. The Bertz CT molecular complexity index is 930. The van der Waals surface area contributed by atoms with Gasteiger partial charge >= 0.3 is 0 Å². The van der Waals surface area contributed by atoms with Crippen molar-refractivity contribution in [2.75, 3.05) is 31.6 Å². The van der Waals surface area contributed by atoms with Crippen molar-refractivity contribution in [3.63, 3.8) is 0 Å². The minimum atomic E-state index is 0.183. The van der Waals surface area contributed by atoms with Gasteiger partial charge in [0, 0.05) is 30.9 Å². The van der Waals surface area contributed by atoms with E-state index in [0.29, 0.717) is 11.3 Å². The van der Waals surface area contributed by atoms with E-state index >= 15 is 0 Å².